The predicted molar refractivity (Wildman–Crippen MR) is 127 cm³/mol. The van der Waals surface area contributed by atoms with Gasteiger partial charge in [-0.2, -0.15) is 5.10 Å². The Labute approximate surface area is 215 Å². The number of nitrogens with two attached hydrogens (primary N) is 1. The molecule has 5 rings (SSSR count). The fourth-order valence-corrected chi connectivity index (χ4v) is 3.56. The number of ether oxygens (including phenoxy) is 1. The largest absolute Gasteiger partial charge is 0.497 e. The van der Waals surface area contributed by atoms with Crippen LogP contribution in [0.25, 0.3) is 5.69 Å². The molecule has 0 bridgehead atoms. The van der Waals surface area contributed by atoms with Gasteiger partial charge in [-0.25, -0.2) is 4.68 Å². The number of primary amides is 1. The molecule has 9 nitrogen and oxygen atoms in total. The maximum absolute atomic E-state index is 14.3. The van der Waals surface area contributed by atoms with Gasteiger partial charge in [-0.1, -0.05) is 0 Å². The third-order valence-electron chi connectivity index (χ3n) is 5.19. The first-order valence-electron chi connectivity index (χ1n) is 16.5. The van der Waals surface area contributed by atoms with Gasteiger partial charge in [-0.15, -0.1) is 0 Å². The molecule has 34 heavy (non-hydrogen) atoms. The smallest absolute Gasteiger partial charge is 0.277 e. The van der Waals surface area contributed by atoms with E-state index in [1.165, 1.54) is 24.3 Å². The van der Waals surface area contributed by atoms with Gasteiger partial charge in [-0.05, 0) is 67.6 Å². The second-order valence-electron chi connectivity index (χ2n) is 7.26. The molecular formula is C25H25N5O4. The molecule has 3 amide bonds. The first kappa shape index (κ1) is 11.3. The molecule has 3 aromatic rings. The molecule has 0 spiro atoms. The quantitative estimate of drug-likeness (QED) is 0.614. The number of benzene rings is 2. The molecule has 174 valence electrons. The number of amides is 3. The molecule has 1 aromatic heterocycles. The Kier molecular flexibility index (Phi) is 2.88. The lowest BCUT2D eigenvalue weighted by Crippen LogP contribution is -2.39. The van der Waals surface area contributed by atoms with E-state index in [-0.39, 0.29) is 35.7 Å². The van der Waals surface area contributed by atoms with Crippen LogP contribution in [0.15, 0.2) is 48.4 Å². The molecule has 0 radical (unpaired) electrons. The number of carbonyl (C=O) groups is 3. The van der Waals surface area contributed by atoms with Gasteiger partial charge in [0.25, 0.3) is 11.8 Å². The van der Waals surface area contributed by atoms with Crippen LogP contribution >= 0.6 is 0 Å². The van der Waals surface area contributed by atoms with Gasteiger partial charge in [0.15, 0.2) is 5.69 Å². The number of aromatic nitrogens is 2. The van der Waals surface area contributed by atoms with Crippen molar-refractivity contribution in [1.82, 2.24) is 9.78 Å². The summed E-state index contributed by atoms with van der Waals surface area (Å²) in [6.07, 6.45) is -5.70. The van der Waals surface area contributed by atoms with Crippen molar-refractivity contribution in [3.63, 3.8) is 0 Å². The predicted octanol–water partition coefficient (Wildman–Crippen LogP) is 2.70. The molecule has 9 heteroatoms. The molecule has 0 atom stereocenters. The number of nitrogens with zero attached hydrogens (tertiary/aromatic N) is 4. The van der Waals surface area contributed by atoms with Crippen molar-refractivity contribution in [2.45, 2.75) is 25.6 Å². The number of methoxy groups -OCH3 is 1. The highest BCUT2D eigenvalue weighted by Gasteiger charge is 2.34. The maximum Gasteiger partial charge on any atom is 0.277 e. The fourth-order valence-electron chi connectivity index (χ4n) is 3.56. The van der Waals surface area contributed by atoms with Crippen molar-refractivity contribution in [3.8, 4) is 11.4 Å². The molecule has 0 unspecified atom stereocenters. The van der Waals surface area contributed by atoms with E-state index in [1.54, 1.807) is 0 Å². The maximum atomic E-state index is 14.3. The Bertz CT molecular complexity index is 1810. The van der Waals surface area contributed by atoms with E-state index in [4.69, 9.17) is 28.3 Å². The average molecular weight is 473 g/mol. The standard InChI is InChI=1S/C25H25N5O4/c1-34-19-11-9-18(10-12-19)30-23-20(22(27-30)24(26)32)13-15-29(25(23)33)17-7-5-16(6-8-17)28-14-3-2-4-21(28)31/h5-12H,2-4,13-15H2,1H3,(H2,26,32)/i1D3,4D2,5D,6D,7D,8D,13D2,15D2. The monoisotopic (exact) mass is 472 g/mol. The summed E-state index contributed by atoms with van der Waals surface area (Å²) < 4.78 is 113. The number of rotatable bonds is 5. The van der Waals surface area contributed by atoms with Crippen LogP contribution in [0, 0.1) is 0 Å². The highest BCUT2D eigenvalue weighted by atomic mass is 16.5. The second kappa shape index (κ2) is 8.66. The summed E-state index contributed by atoms with van der Waals surface area (Å²) in [6.45, 7) is -3.65. The Morgan fingerprint density at radius 1 is 1.06 bits per heavy atom. The Morgan fingerprint density at radius 2 is 1.76 bits per heavy atom. The zero-order chi connectivity index (χ0) is 35.2. The van der Waals surface area contributed by atoms with E-state index < -0.39 is 96.5 Å². The van der Waals surface area contributed by atoms with Gasteiger partial charge < -0.3 is 20.3 Å². The van der Waals surface area contributed by atoms with Crippen LogP contribution in [0.4, 0.5) is 11.4 Å². The van der Waals surface area contributed by atoms with E-state index >= 15 is 0 Å². The van der Waals surface area contributed by atoms with Gasteiger partial charge in [0.1, 0.15) is 11.4 Å². The van der Waals surface area contributed by atoms with Gasteiger partial charge in [-0.3, -0.25) is 14.4 Å². The first-order chi connectivity index (χ1) is 21.5. The Morgan fingerprint density at radius 3 is 2.44 bits per heavy atom. The van der Waals surface area contributed by atoms with Gasteiger partial charge in [0, 0.05) is 41.8 Å². The fraction of sp³-hybridized carbons (Fsp3) is 0.280. The third kappa shape index (κ3) is 3.68. The number of fused-ring (bicyclic) bond motifs is 1. The zero-order valence-corrected chi connectivity index (χ0v) is 17.4. The van der Waals surface area contributed by atoms with Gasteiger partial charge in [0.05, 0.1) is 25.1 Å². The van der Waals surface area contributed by atoms with Crippen LogP contribution in [0.2, 0.25) is 0 Å². The molecule has 2 aliphatic heterocycles. The van der Waals surface area contributed by atoms with Crippen molar-refractivity contribution < 1.29 is 36.9 Å². The van der Waals surface area contributed by atoms with Crippen molar-refractivity contribution in [3.05, 3.63) is 65.4 Å². The normalized spacial score (nSPS) is 26.3. The van der Waals surface area contributed by atoms with Crippen molar-refractivity contribution in [2.75, 3.05) is 29.9 Å². The summed E-state index contributed by atoms with van der Waals surface area (Å²) in [5.74, 6) is -4.01. The topological polar surface area (TPSA) is 111 Å². The number of carbonyl (C=O) groups excluding carboxylic acids is 3. The molecular weight excluding hydrogens is 434 g/mol. The Balaban J connectivity index is 1.74. The van der Waals surface area contributed by atoms with Crippen LogP contribution < -0.4 is 20.3 Å². The number of hydrogen-bond acceptors (Lipinski definition) is 5. The van der Waals surface area contributed by atoms with Crippen molar-refractivity contribution in [2.24, 2.45) is 5.73 Å². The van der Waals surface area contributed by atoms with E-state index in [0.29, 0.717) is 0 Å². The van der Waals surface area contributed by atoms with Gasteiger partial charge >= 0.3 is 0 Å². The minimum absolute atomic E-state index is 0.0639. The molecule has 2 aliphatic rings. The van der Waals surface area contributed by atoms with Crippen molar-refractivity contribution in [1.29, 1.82) is 0 Å². The van der Waals surface area contributed by atoms with Crippen LogP contribution in [0.1, 0.15) is 63.6 Å². The number of hydrogen-bond donors (Lipinski definition) is 1. The molecule has 3 heterocycles. The van der Waals surface area contributed by atoms with Crippen molar-refractivity contribution >= 4 is 29.1 Å². The van der Waals surface area contributed by atoms with E-state index in [9.17, 15) is 14.4 Å². The molecule has 1 saturated heterocycles. The van der Waals surface area contributed by atoms with E-state index in [2.05, 4.69) is 5.10 Å². The van der Waals surface area contributed by atoms with Crippen LogP contribution in [-0.4, -0.2) is 47.6 Å². The zero-order valence-electron chi connectivity index (χ0n) is 30.4. The molecule has 2 aromatic carbocycles. The molecule has 2 N–H and O–H groups in total. The minimum Gasteiger partial charge on any atom is -0.497 e. The van der Waals surface area contributed by atoms with Gasteiger partial charge in [0.2, 0.25) is 5.91 Å². The summed E-state index contributed by atoms with van der Waals surface area (Å²) in [5, 5.41) is 3.97. The third-order valence-corrected chi connectivity index (χ3v) is 5.19. The lowest BCUT2D eigenvalue weighted by Gasteiger charge is -2.29. The second-order valence-corrected chi connectivity index (χ2v) is 7.26. The summed E-state index contributed by atoms with van der Waals surface area (Å²) in [5.41, 5.74) is 1.34. The molecule has 0 aliphatic carbocycles. The number of anilines is 2. The first-order valence-corrected chi connectivity index (χ1v) is 10.0. The van der Waals surface area contributed by atoms with E-state index in [0.717, 1.165) is 9.58 Å². The van der Waals surface area contributed by atoms with Crippen LogP contribution in [-0.2, 0) is 11.2 Å². The minimum atomic E-state index is -3.50. The highest BCUT2D eigenvalue weighted by molar-refractivity contribution is 6.09. The number of piperidine rings is 1. The lowest BCUT2D eigenvalue weighted by molar-refractivity contribution is -0.119. The van der Waals surface area contributed by atoms with Crippen LogP contribution in [0.5, 0.6) is 5.75 Å². The molecule has 1 fully saturated rings. The summed E-state index contributed by atoms with van der Waals surface area (Å²) in [7, 11) is -2.80. The summed E-state index contributed by atoms with van der Waals surface area (Å²) >= 11 is 0. The lowest BCUT2D eigenvalue weighted by atomic mass is 10.0. The SMILES string of the molecule is [2H]c1c([2H])c(N2C(=O)c3c(c(C(N)=O)nn3-c3ccc(OC([2H])([2H])[2H])cc3)C([2H])([2H])C2([2H])[2H])c([2H])c([2H])c1N1CCCC([2H])([2H])C1=O. The summed E-state index contributed by atoms with van der Waals surface area (Å²) in [6, 6.07) is 0.834. The molecule has 0 saturated carbocycles. The van der Waals surface area contributed by atoms with E-state index in [1.807, 2.05) is 0 Å². The highest BCUT2D eigenvalue weighted by Crippen LogP contribution is 2.31. The summed E-state index contributed by atoms with van der Waals surface area (Å²) in [4.78, 5) is 40.4. The average Bonchev–Trinajstić information content (AvgIpc) is 3.37. The Hall–Kier alpha value is -4.14. The van der Waals surface area contributed by atoms with Crippen LogP contribution in [0.3, 0.4) is 0 Å².